The summed E-state index contributed by atoms with van der Waals surface area (Å²) in [6.07, 6.45) is 0.912. The molecular weight excluding hydrogens is 290 g/mol. The highest BCUT2D eigenvalue weighted by Gasteiger charge is 2.11. The Hall–Kier alpha value is -1.87. The first kappa shape index (κ1) is 11.2. The van der Waals surface area contributed by atoms with E-state index >= 15 is 0 Å². The zero-order chi connectivity index (χ0) is 12.5. The normalized spacial score (nSPS) is 10.7. The predicted octanol–water partition coefficient (Wildman–Crippen LogP) is 4.41. The van der Waals surface area contributed by atoms with E-state index in [-0.39, 0.29) is 0 Å². The van der Waals surface area contributed by atoms with Crippen LogP contribution in [-0.2, 0) is 0 Å². The molecule has 0 atom stereocenters. The minimum absolute atomic E-state index is 0.712. The number of aromatic nitrogens is 1. The number of fused-ring (bicyclic) bond motifs is 1. The molecule has 3 rings (SSSR count). The summed E-state index contributed by atoms with van der Waals surface area (Å²) in [5.41, 5.74) is 3.56. The van der Waals surface area contributed by atoms with Crippen molar-refractivity contribution >= 4 is 33.1 Å². The molecule has 0 saturated heterocycles. The molecular formula is C15H10BrNO. The smallest absolute Gasteiger partial charge is 0.152 e. The molecule has 2 aromatic carbocycles. The van der Waals surface area contributed by atoms with Gasteiger partial charge in [-0.2, -0.15) is 0 Å². The number of carbonyl (C=O) groups is 1. The number of hydrogen-bond acceptors (Lipinski definition) is 1. The third-order valence-corrected chi connectivity index (χ3v) is 3.47. The minimum atomic E-state index is 0.712. The van der Waals surface area contributed by atoms with Crippen molar-refractivity contribution in [1.29, 1.82) is 0 Å². The van der Waals surface area contributed by atoms with E-state index in [1.54, 1.807) is 0 Å². The molecule has 0 aliphatic carbocycles. The van der Waals surface area contributed by atoms with E-state index in [0.29, 0.717) is 5.56 Å². The number of para-hydroxylation sites is 1. The Morgan fingerprint density at radius 2 is 1.89 bits per heavy atom. The van der Waals surface area contributed by atoms with Crippen LogP contribution in [0, 0.1) is 0 Å². The Balaban J connectivity index is 2.32. The number of hydrogen-bond donors (Lipinski definition) is 1. The zero-order valence-electron chi connectivity index (χ0n) is 9.48. The summed E-state index contributed by atoms with van der Waals surface area (Å²) < 4.78 is 0.996. The first-order valence-electron chi connectivity index (χ1n) is 5.61. The molecule has 1 heterocycles. The second-order valence-corrected chi connectivity index (χ2v) is 5.00. The van der Waals surface area contributed by atoms with Crippen LogP contribution in [-0.4, -0.2) is 11.3 Å². The van der Waals surface area contributed by atoms with Crippen molar-refractivity contribution in [2.75, 3.05) is 0 Å². The molecule has 0 radical (unpaired) electrons. The third-order valence-electron chi connectivity index (χ3n) is 2.98. The Morgan fingerprint density at radius 1 is 1.06 bits per heavy atom. The molecule has 3 aromatic rings. The lowest BCUT2D eigenvalue weighted by molar-refractivity contribution is 0.112. The standard InChI is InChI=1S/C15H10BrNO/c16-11-5-3-4-10(8-11)15-13(9-18)12-6-1-2-7-14(12)17-15/h1-9,17H. The summed E-state index contributed by atoms with van der Waals surface area (Å²) in [5, 5.41) is 0.961. The number of rotatable bonds is 2. The van der Waals surface area contributed by atoms with E-state index < -0.39 is 0 Å². The van der Waals surface area contributed by atoms with Crippen molar-refractivity contribution in [2.24, 2.45) is 0 Å². The molecule has 0 aliphatic heterocycles. The van der Waals surface area contributed by atoms with E-state index in [1.165, 1.54) is 0 Å². The molecule has 2 nitrogen and oxygen atoms in total. The topological polar surface area (TPSA) is 32.9 Å². The van der Waals surface area contributed by atoms with Crippen LogP contribution in [0.1, 0.15) is 10.4 Å². The van der Waals surface area contributed by atoms with Crippen LogP contribution < -0.4 is 0 Å². The highest BCUT2D eigenvalue weighted by Crippen LogP contribution is 2.30. The van der Waals surface area contributed by atoms with Crippen molar-refractivity contribution in [3.63, 3.8) is 0 Å². The van der Waals surface area contributed by atoms with Crippen LogP contribution in [0.4, 0.5) is 0 Å². The lowest BCUT2D eigenvalue weighted by atomic mass is 10.1. The molecule has 0 spiro atoms. The number of carbonyl (C=O) groups excluding carboxylic acids is 1. The van der Waals surface area contributed by atoms with Crippen molar-refractivity contribution in [3.8, 4) is 11.3 Å². The maximum absolute atomic E-state index is 11.3. The van der Waals surface area contributed by atoms with Gasteiger partial charge in [0.25, 0.3) is 0 Å². The van der Waals surface area contributed by atoms with Gasteiger partial charge in [0.2, 0.25) is 0 Å². The number of nitrogens with one attached hydrogen (secondary N) is 1. The number of aromatic amines is 1. The van der Waals surface area contributed by atoms with Gasteiger partial charge in [0.05, 0.1) is 5.69 Å². The molecule has 0 aliphatic rings. The fourth-order valence-electron chi connectivity index (χ4n) is 2.16. The second-order valence-electron chi connectivity index (χ2n) is 4.09. The number of aldehydes is 1. The van der Waals surface area contributed by atoms with Gasteiger partial charge >= 0.3 is 0 Å². The van der Waals surface area contributed by atoms with Gasteiger partial charge in [0, 0.05) is 20.9 Å². The summed E-state index contributed by atoms with van der Waals surface area (Å²) in [7, 11) is 0. The van der Waals surface area contributed by atoms with Crippen LogP contribution in [0.5, 0.6) is 0 Å². The molecule has 88 valence electrons. The van der Waals surface area contributed by atoms with Gasteiger partial charge in [-0.15, -0.1) is 0 Å². The Kier molecular flexibility index (Phi) is 2.76. The van der Waals surface area contributed by atoms with Crippen LogP contribution in [0.3, 0.4) is 0 Å². The molecule has 0 unspecified atom stereocenters. The molecule has 0 amide bonds. The van der Waals surface area contributed by atoms with Crippen LogP contribution >= 0.6 is 15.9 Å². The van der Waals surface area contributed by atoms with Gasteiger partial charge in [-0.05, 0) is 23.8 Å². The van der Waals surface area contributed by atoms with E-state index in [4.69, 9.17) is 0 Å². The van der Waals surface area contributed by atoms with Crippen molar-refractivity contribution in [1.82, 2.24) is 4.98 Å². The average Bonchev–Trinajstić information content (AvgIpc) is 2.77. The monoisotopic (exact) mass is 299 g/mol. The van der Waals surface area contributed by atoms with Crippen LogP contribution in [0.15, 0.2) is 53.0 Å². The van der Waals surface area contributed by atoms with Crippen molar-refractivity contribution in [3.05, 3.63) is 58.6 Å². The van der Waals surface area contributed by atoms with Gasteiger partial charge in [-0.3, -0.25) is 4.79 Å². The van der Waals surface area contributed by atoms with Gasteiger partial charge in [-0.25, -0.2) is 0 Å². The first-order chi connectivity index (χ1) is 8.79. The highest BCUT2D eigenvalue weighted by atomic mass is 79.9. The summed E-state index contributed by atoms with van der Waals surface area (Å²) in [5.74, 6) is 0. The maximum atomic E-state index is 11.3. The zero-order valence-corrected chi connectivity index (χ0v) is 11.1. The predicted molar refractivity (Wildman–Crippen MR) is 76.8 cm³/mol. The molecule has 1 N–H and O–H groups in total. The molecule has 0 fully saturated rings. The largest absolute Gasteiger partial charge is 0.354 e. The first-order valence-corrected chi connectivity index (χ1v) is 6.41. The lowest BCUT2D eigenvalue weighted by Gasteiger charge is -2.00. The SMILES string of the molecule is O=Cc1c(-c2cccc(Br)c2)[nH]c2ccccc12. The fourth-order valence-corrected chi connectivity index (χ4v) is 2.56. The summed E-state index contributed by atoms with van der Waals surface area (Å²) in [6.45, 7) is 0. The molecule has 0 bridgehead atoms. The third kappa shape index (κ3) is 1.77. The van der Waals surface area contributed by atoms with E-state index in [2.05, 4.69) is 20.9 Å². The minimum Gasteiger partial charge on any atom is -0.354 e. The average molecular weight is 300 g/mol. The number of H-pyrrole nitrogens is 1. The van der Waals surface area contributed by atoms with Gasteiger partial charge in [-0.1, -0.05) is 46.3 Å². The molecule has 1 aromatic heterocycles. The van der Waals surface area contributed by atoms with Crippen LogP contribution in [0.25, 0.3) is 22.2 Å². The van der Waals surface area contributed by atoms with E-state index in [1.807, 2.05) is 48.5 Å². The summed E-state index contributed by atoms with van der Waals surface area (Å²) in [6, 6.07) is 15.7. The molecule has 18 heavy (non-hydrogen) atoms. The van der Waals surface area contributed by atoms with Gasteiger partial charge < -0.3 is 4.98 Å². The fraction of sp³-hybridized carbons (Fsp3) is 0. The van der Waals surface area contributed by atoms with E-state index in [9.17, 15) is 4.79 Å². The van der Waals surface area contributed by atoms with Gasteiger partial charge in [0.1, 0.15) is 0 Å². The van der Waals surface area contributed by atoms with Crippen LogP contribution in [0.2, 0.25) is 0 Å². The Morgan fingerprint density at radius 3 is 2.67 bits per heavy atom. The van der Waals surface area contributed by atoms with E-state index in [0.717, 1.165) is 32.9 Å². The lowest BCUT2D eigenvalue weighted by Crippen LogP contribution is -1.84. The maximum Gasteiger partial charge on any atom is 0.152 e. The van der Waals surface area contributed by atoms with Gasteiger partial charge in [0.15, 0.2) is 6.29 Å². The Bertz CT molecular complexity index is 730. The molecule has 3 heteroatoms. The summed E-state index contributed by atoms with van der Waals surface area (Å²) in [4.78, 5) is 14.6. The quantitative estimate of drug-likeness (QED) is 0.699. The second kappa shape index (κ2) is 4.42. The summed E-state index contributed by atoms with van der Waals surface area (Å²) >= 11 is 3.45. The number of halogens is 1. The highest BCUT2D eigenvalue weighted by molar-refractivity contribution is 9.10. The molecule has 0 saturated carbocycles. The van der Waals surface area contributed by atoms with Crippen molar-refractivity contribution < 1.29 is 4.79 Å². The Labute approximate surface area is 113 Å². The van der Waals surface area contributed by atoms with Crippen molar-refractivity contribution in [2.45, 2.75) is 0 Å². The number of benzene rings is 2.